The number of ether oxygens (including phenoxy) is 2. The lowest BCUT2D eigenvalue weighted by Crippen LogP contribution is -2.50. The number of rotatable bonds is 6. The Hall–Kier alpha value is -4.60. The molecule has 7 rings (SSSR count). The molecule has 3 aromatic carbocycles. The second-order valence-electron chi connectivity index (χ2n) is 12.3. The van der Waals surface area contributed by atoms with Crippen LogP contribution < -0.4 is 11.1 Å². The number of nitrogens with one attached hydrogen (secondary N) is 2. The summed E-state index contributed by atoms with van der Waals surface area (Å²) in [5.74, 6) is -7.84. The van der Waals surface area contributed by atoms with Crippen LogP contribution in [0.15, 0.2) is 24.3 Å². The number of aliphatic hydroxyl groups is 1. The standard InChI is InChI=1S/C32H27F5N4O6/c1-10(2)3-18(38)32(45)47-28-21(42)4-11(9-33)46-31(28)41-20-8-17(37)15(35)6-13(20)23-25-24(29(43)40-30(25)44)22-12-5-14(34)16(36)7-19(12)39-26(22)27(23)41/h5-8,10-11,18,21,28,31,39,42H,3-4,9,38H2,1-2H3,(H,40,43,44)/t11-,18+,21-,28+,31?/m0/s1. The Morgan fingerprint density at radius 3 is 2.30 bits per heavy atom. The Labute approximate surface area is 261 Å². The number of nitrogens with zero attached hydrogens (tertiary/aromatic N) is 1. The highest BCUT2D eigenvalue weighted by atomic mass is 19.2. The third-order valence-corrected chi connectivity index (χ3v) is 8.76. The highest BCUT2D eigenvalue weighted by Gasteiger charge is 2.45. The number of alkyl halides is 1. The number of benzene rings is 3. The van der Waals surface area contributed by atoms with E-state index in [0.717, 1.165) is 24.3 Å². The zero-order chi connectivity index (χ0) is 33.6. The van der Waals surface area contributed by atoms with Crippen LogP contribution in [0.1, 0.15) is 53.6 Å². The van der Waals surface area contributed by atoms with E-state index in [9.17, 15) is 41.4 Å². The fourth-order valence-corrected chi connectivity index (χ4v) is 6.82. The molecule has 246 valence electrons. The molecular formula is C32H27F5N4O6. The van der Waals surface area contributed by atoms with Gasteiger partial charge in [-0.1, -0.05) is 13.8 Å². The van der Waals surface area contributed by atoms with Gasteiger partial charge < -0.3 is 29.9 Å². The maximum Gasteiger partial charge on any atom is 0.323 e. The monoisotopic (exact) mass is 658 g/mol. The van der Waals surface area contributed by atoms with Crippen molar-refractivity contribution in [3.63, 3.8) is 0 Å². The van der Waals surface area contributed by atoms with E-state index >= 15 is 0 Å². The topological polar surface area (TPSA) is 149 Å². The van der Waals surface area contributed by atoms with Crippen LogP contribution in [0.3, 0.4) is 0 Å². The van der Waals surface area contributed by atoms with Gasteiger partial charge in [-0.25, -0.2) is 22.0 Å². The second kappa shape index (κ2) is 11.0. The molecule has 1 fully saturated rings. The molecule has 0 spiro atoms. The first-order valence-electron chi connectivity index (χ1n) is 14.8. The SMILES string of the molecule is CC(C)C[C@@H](N)C(=O)O[C@H]1C(n2c3cc(F)c(F)cc3c3c4c(c5c6cc(F)c(F)cc6[nH]c5c32)C(=O)NC4=O)O[C@H](CF)C[C@@H]1O. The fourth-order valence-electron chi connectivity index (χ4n) is 6.82. The maximum absolute atomic E-state index is 15.0. The molecular weight excluding hydrogens is 631 g/mol. The fraction of sp³-hybridized carbons (Fsp3) is 0.344. The van der Waals surface area contributed by atoms with Gasteiger partial charge in [0.1, 0.15) is 12.7 Å². The molecule has 0 radical (unpaired) electrons. The Balaban J connectivity index is 1.61. The molecule has 1 unspecified atom stereocenters. The number of imide groups is 1. The van der Waals surface area contributed by atoms with Crippen molar-refractivity contribution in [1.82, 2.24) is 14.9 Å². The predicted octanol–water partition coefficient (Wildman–Crippen LogP) is 4.77. The molecule has 0 aliphatic carbocycles. The highest BCUT2D eigenvalue weighted by Crippen LogP contribution is 2.47. The summed E-state index contributed by atoms with van der Waals surface area (Å²) in [7, 11) is 0. The number of aromatic amines is 1. The van der Waals surface area contributed by atoms with Gasteiger partial charge in [-0.05, 0) is 24.5 Å². The molecule has 4 heterocycles. The Bertz CT molecular complexity index is 2180. The van der Waals surface area contributed by atoms with Crippen molar-refractivity contribution in [3.8, 4) is 0 Å². The molecule has 5 N–H and O–H groups in total. The Morgan fingerprint density at radius 1 is 1.02 bits per heavy atom. The first-order chi connectivity index (χ1) is 22.3. The molecule has 15 heteroatoms. The molecule has 2 aliphatic heterocycles. The van der Waals surface area contributed by atoms with Crippen LogP contribution in [0, 0.1) is 29.2 Å². The number of esters is 1. The lowest BCUT2D eigenvalue weighted by Gasteiger charge is -2.40. The summed E-state index contributed by atoms with van der Waals surface area (Å²) in [5.41, 5.74) is 5.32. The minimum absolute atomic E-state index is 0.00350. The predicted molar refractivity (Wildman–Crippen MR) is 158 cm³/mol. The van der Waals surface area contributed by atoms with Crippen molar-refractivity contribution < 1.29 is 50.9 Å². The molecule has 2 aliphatic rings. The lowest BCUT2D eigenvalue weighted by atomic mass is 9.96. The van der Waals surface area contributed by atoms with E-state index in [1.807, 2.05) is 13.8 Å². The molecule has 5 atom stereocenters. The van der Waals surface area contributed by atoms with Crippen LogP contribution in [0.4, 0.5) is 22.0 Å². The zero-order valence-corrected chi connectivity index (χ0v) is 24.8. The number of aliphatic hydroxyl groups excluding tert-OH is 1. The molecule has 0 saturated carbocycles. The second-order valence-corrected chi connectivity index (χ2v) is 12.3. The van der Waals surface area contributed by atoms with Gasteiger partial charge >= 0.3 is 5.97 Å². The third kappa shape index (κ3) is 4.66. The van der Waals surface area contributed by atoms with Crippen molar-refractivity contribution in [3.05, 3.63) is 58.7 Å². The first kappa shape index (κ1) is 31.0. The molecule has 2 amide bonds. The normalized spacial score (nSPS) is 22.2. The van der Waals surface area contributed by atoms with E-state index < -0.39 is 78.3 Å². The van der Waals surface area contributed by atoms with Gasteiger partial charge in [-0.3, -0.25) is 19.7 Å². The third-order valence-electron chi connectivity index (χ3n) is 8.76. The van der Waals surface area contributed by atoms with Crippen molar-refractivity contribution in [2.45, 2.75) is 57.3 Å². The molecule has 5 aromatic rings. The van der Waals surface area contributed by atoms with Crippen molar-refractivity contribution in [2.75, 3.05) is 6.67 Å². The smallest absolute Gasteiger partial charge is 0.323 e. The van der Waals surface area contributed by atoms with Crippen LogP contribution in [-0.4, -0.2) is 63.5 Å². The molecule has 0 bridgehead atoms. The largest absolute Gasteiger partial charge is 0.454 e. The lowest BCUT2D eigenvalue weighted by molar-refractivity contribution is -0.217. The number of aromatic nitrogens is 2. The number of amides is 2. The minimum atomic E-state index is -1.64. The summed E-state index contributed by atoms with van der Waals surface area (Å²) < 4.78 is 86.0. The van der Waals surface area contributed by atoms with Crippen molar-refractivity contribution in [1.29, 1.82) is 0 Å². The number of carbonyl (C=O) groups excluding carboxylic acids is 3. The highest BCUT2D eigenvalue weighted by molar-refractivity contribution is 6.39. The van der Waals surface area contributed by atoms with Gasteiger partial charge in [0.2, 0.25) is 0 Å². The van der Waals surface area contributed by atoms with Gasteiger partial charge in [0, 0.05) is 45.6 Å². The van der Waals surface area contributed by atoms with Gasteiger partial charge in [0.25, 0.3) is 11.8 Å². The number of hydrogen-bond donors (Lipinski definition) is 4. The van der Waals surface area contributed by atoms with Crippen LogP contribution in [0.5, 0.6) is 0 Å². The van der Waals surface area contributed by atoms with E-state index in [2.05, 4.69) is 10.3 Å². The Kier molecular flexibility index (Phi) is 7.26. The van der Waals surface area contributed by atoms with Crippen LogP contribution in [0.2, 0.25) is 0 Å². The van der Waals surface area contributed by atoms with E-state index in [0.29, 0.717) is 0 Å². The number of H-pyrrole nitrogens is 1. The molecule has 1 saturated heterocycles. The van der Waals surface area contributed by atoms with Crippen LogP contribution in [0.25, 0.3) is 43.6 Å². The van der Waals surface area contributed by atoms with Gasteiger partial charge in [0.15, 0.2) is 35.6 Å². The number of hydrogen-bond acceptors (Lipinski definition) is 7. The number of fused-ring (bicyclic) bond motifs is 10. The van der Waals surface area contributed by atoms with E-state index in [-0.39, 0.29) is 73.5 Å². The zero-order valence-electron chi connectivity index (χ0n) is 24.8. The Morgan fingerprint density at radius 2 is 1.64 bits per heavy atom. The molecule has 47 heavy (non-hydrogen) atoms. The average Bonchev–Trinajstić information content (AvgIpc) is 3.62. The summed E-state index contributed by atoms with van der Waals surface area (Å²) in [4.78, 5) is 42.6. The average molecular weight is 659 g/mol. The van der Waals surface area contributed by atoms with E-state index in [1.54, 1.807) is 0 Å². The summed E-state index contributed by atoms with van der Waals surface area (Å²) in [6.07, 6.45) is -6.11. The van der Waals surface area contributed by atoms with Crippen LogP contribution in [-0.2, 0) is 14.3 Å². The molecule has 10 nitrogen and oxygen atoms in total. The van der Waals surface area contributed by atoms with Crippen LogP contribution >= 0.6 is 0 Å². The number of halogens is 5. The summed E-state index contributed by atoms with van der Waals surface area (Å²) in [6.45, 7) is 2.57. The van der Waals surface area contributed by atoms with Crippen molar-refractivity contribution in [2.24, 2.45) is 11.7 Å². The summed E-state index contributed by atoms with van der Waals surface area (Å²) in [5, 5.41) is 13.2. The number of nitrogens with two attached hydrogens (primary N) is 1. The van der Waals surface area contributed by atoms with E-state index in [1.165, 1.54) is 4.57 Å². The van der Waals surface area contributed by atoms with Gasteiger partial charge in [0.05, 0.1) is 39.9 Å². The summed E-state index contributed by atoms with van der Waals surface area (Å²) >= 11 is 0. The van der Waals surface area contributed by atoms with Gasteiger partial charge in [-0.15, -0.1) is 0 Å². The minimum Gasteiger partial charge on any atom is -0.454 e. The molecule has 2 aromatic heterocycles. The first-order valence-corrected chi connectivity index (χ1v) is 14.8. The van der Waals surface area contributed by atoms with Gasteiger partial charge in [-0.2, -0.15) is 0 Å². The maximum atomic E-state index is 15.0. The quantitative estimate of drug-likeness (QED) is 0.117. The number of carbonyl (C=O) groups is 3. The van der Waals surface area contributed by atoms with Crippen molar-refractivity contribution >= 4 is 61.4 Å². The summed E-state index contributed by atoms with van der Waals surface area (Å²) in [6, 6.07) is 2.12. The van der Waals surface area contributed by atoms with E-state index in [4.69, 9.17) is 15.2 Å².